The standard InChI is InChI=1S/C18H16O/c19-14-8-5-13-7-9-16-15-4-2-1-3-12(15)6-10-17(16)18(13)11-14/h1-4,6-7,9-10,13,18H,5,8,11H2. The Morgan fingerprint density at radius 2 is 1.95 bits per heavy atom. The molecular formula is C18H16O. The Bertz CT molecular complexity index is 696. The predicted octanol–water partition coefficient (Wildman–Crippen LogP) is 4.32. The molecule has 19 heavy (non-hydrogen) atoms. The summed E-state index contributed by atoms with van der Waals surface area (Å²) in [5, 5.41) is 2.60. The summed E-state index contributed by atoms with van der Waals surface area (Å²) < 4.78 is 0. The summed E-state index contributed by atoms with van der Waals surface area (Å²) >= 11 is 0. The minimum Gasteiger partial charge on any atom is -0.300 e. The Morgan fingerprint density at radius 3 is 2.89 bits per heavy atom. The molecule has 1 saturated carbocycles. The van der Waals surface area contributed by atoms with E-state index in [4.69, 9.17) is 0 Å². The molecule has 0 N–H and O–H groups in total. The number of fused-ring (bicyclic) bond motifs is 5. The zero-order chi connectivity index (χ0) is 12.8. The van der Waals surface area contributed by atoms with E-state index in [2.05, 4.69) is 48.6 Å². The number of hydrogen-bond donors (Lipinski definition) is 0. The monoisotopic (exact) mass is 248 g/mol. The molecule has 0 spiro atoms. The molecule has 1 nitrogen and oxygen atoms in total. The summed E-state index contributed by atoms with van der Waals surface area (Å²) in [4.78, 5) is 11.8. The van der Waals surface area contributed by atoms with Crippen molar-refractivity contribution in [2.45, 2.75) is 25.2 Å². The van der Waals surface area contributed by atoms with Gasteiger partial charge in [0.1, 0.15) is 5.78 Å². The van der Waals surface area contributed by atoms with Gasteiger partial charge in [0.05, 0.1) is 0 Å². The Labute approximate surface area is 112 Å². The first-order chi connectivity index (χ1) is 9.33. The molecule has 2 aromatic carbocycles. The van der Waals surface area contributed by atoms with Gasteiger partial charge in [-0.3, -0.25) is 4.79 Å². The van der Waals surface area contributed by atoms with Gasteiger partial charge in [-0.2, -0.15) is 0 Å². The van der Waals surface area contributed by atoms with Gasteiger partial charge in [0.2, 0.25) is 0 Å². The molecule has 2 aliphatic rings. The maximum absolute atomic E-state index is 11.8. The molecule has 1 heteroatoms. The molecular weight excluding hydrogens is 232 g/mol. The second-order valence-corrected chi connectivity index (χ2v) is 5.70. The lowest BCUT2D eigenvalue weighted by Gasteiger charge is -2.33. The minimum atomic E-state index is 0.408. The van der Waals surface area contributed by atoms with Crippen molar-refractivity contribution in [1.82, 2.24) is 0 Å². The summed E-state index contributed by atoms with van der Waals surface area (Å²) in [5.41, 5.74) is 2.70. The van der Waals surface area contributed by atoms with Crippen LogP contribution in [0.2, 0.25) is 0 Å². The van der Waals surface area contributed by atoms with Crippen LogP contribution in [0.3, 0.4) is 0 Å². The van der Waals surface area contributed by atoms with E-state index in [9.17, 15) is 4.79 Å². The quantitative estimate of drug-likeness (QED) is 0.678. The predicted molar refractivity (Wildman–Crippen MR) is 78.1 cm³/mol. The molecule has 2 unspecified atom stereocenters. The number of Topliss-reactive ketones (excluding diaryl/α,β-unsaturated/α-hetero) is 1. The molecule has 0 aromatic heterocycles. The molecule has 0 bridgehead atoms. The van der Waals surface area contributed by atoms with E-state index in [-0.39, 0.29) is 0 Å². The largest absolute Gasteiger partial charge is 0.300 e. The van der Waals surface area contributed by atoms with Gasteiger partial charge < -0.3 is 0 Å². The van der Waals surface area contributed by atoms with E-state index >= 15 is 0 Å². The first-order valence-corrected chi connectivity index (χ1v) is 7.04. The second kappa shape index (κ2) is 4.06. The van der Waals surface area contributed by atoms with Gasteiger partial charge in [0.15, 0.2) is 0 Å². The van der Waals surface area contributed by atoms with Gasteiger partial charge in [0, 0.05) is 12.8 Å². The van der Waals surface area contributed by atoms with Crippen molar-refractivity contribution >= 4 is 22.6 Å². The molecule has 1 fully saturated rings. The highest BCUT2D eigenvalue weighted by Gasteiger charge is 2.32. The maximum atomic E-state index is 11.8. The van der Waals surface area contributed by atoms with Gasteiger partial charge in [-0.25, -0.2) is 0 Å². The fraction of sp³-hybridized carbons (Fsp3) is 0.278. The third kappa shape index (κ3) is 1.65. The molecule has 0 aliphatic heterocycles. The van der Waals surface area contributed by atoms with Crippen molar-refractivity contribution in [1.29, 1.82) is 0 Å². The van der Waals surface area contributed by atoms with Crippen LogP contribution >= 0.6 is 0 Å². The van der Waals surface area contributed by atoms with Crippen molar-refractivity contribution in [3.8, 4) is 0 Å². The van der Waals surface area contributed by atoms with Crippen LogP contribution in [0.5, 0.6) is 0 Å². The van der Waals surface area contributed by atoms with Crippen LogP contribution in [-0.4, -0.2) is 5.78 Å². The lowest BCUT2D eigenvalue weighted by atomic mass is 9.70. The fourth-order valence-corrected chi connectivity index (χ4v) is 3.64. The molecule has 0 saturated heterocycles. The first-order valence-electron chi connectivity index (χ1n) is 7.04. The third-order valence-corrected chi connectivity index (χ3v) is 4.63. The highest BCUT2D eigenvalue weighted by Crippen LogP contribution is 2.44. The Balaban J connectivity index is 1.93. The zero-order valence-corrected chi connectivity index (χ0v) is 10.8. The average Bonchev–Trinajstić information content (AvgIpc) is 2.46. The highest BCUT2D eigenvalue weighted by molar-refractivity contribution is 5.93. The van der Waals surface area contributed by atoms with E-state index in [0.29, 0.717) is 17.6 Å². The number of ketones is 1. The first kappa shape index (κ1) is 11.0. The van der Waals surface area contributed by atoms with Crippen LogP contribution in [0.4, 0.5) is 0 Å². The number of hydrogen-bond acceptors (Lipinski definition) is 1. The maximum Gasteiger partial charge on any atom is 0.133 e. The van der Waals surface area contributed by atoms with Crippen LogP contribution in [0.15, 0.2) is 42.5 Å². The van der Waals surface area contributed by atoms with Gasteiger partial charge >= 0.3 is 0 Å². The summed E-state index contributed by atoms with van der Waals surface area (Å²) in [6.07, 6.45) is 7.10. The molecule has 2 aromatic rings. The number of carbonyl (C=O) groups is 1. The van der Waals surface area contributed by atoms with Crippen LogP contribution in [0.1, 0.15) is 36.3 Å². The number of carbonyl (C=O) groups excluding carboxylic acids is 1. The summed E-state index contributed by atoms with van der Waals surface area (Å²) in [7, 11) is 0. The summed E-state index contributed by atoms with van der Waals surface area (Å²) in [6.45, 7) is 0. The Kier molecular flexibility index (Phi) is 2.34. The highest BCUT2D eigenvalue weighted by atomic mass is 16.1. The van der Waals surface area contributed by atoms with Crippen molar-refractivity contribution in [2.75, 3.05) is 0 Å². The number of allylic oxidation sites excluding steroid dienone is 1. The van der Waals surface area contributed by atoms with Crippen molar-refractivity contribution in [3.63, 3.8) is 0 Å². The van der Waals surface area contributed by atoms with E-state index < -0.39 is 0 Å². The number of benzene rings is 2. The van der Waals surface area contributed by atoms with Gasteiger partial charge in [0.25, 0.3) is 0 Å². The third-order valence-electron chi connectivity index (χ3n) is 4.63. The van der Waals surface area contributed by atoms with Crippen LogP contribution in [0.25, 0.3) is 16.8 Å². The van der Waals surface area contributed by atoms with E-state index in [1.54, 1.807) is 0 Å². The van der Waals surface area contributed by atoms with Gasteiger partial charge in [-0.1, -0.05) is 48.6 Å². The van der Waals surface area contributed by atoms with Crippen molar-refractivity contribution < 1.29 is 4.79 Å². The SMILES string of the molecule is O=C1CCC2C=Cc3c(ccc4ccccc34)C2C1. The molecule has 94 valence electrons. The van der Waals surface area contributed by atoms with Gasteiger partial charge in [-0.15, -0.1) is 0 Å². The summed E-state index contributed by atoms with van der Waals surface area (Å²) in [5.74, 6) is 1.40. The molecule has 0 amide bonds. The minimum absolute atomic E-state index is 0.408. The lowest BCUT2D eigenvalue weighted by Crippen LogP contribution is -2.24. The second-order valence-electron chi connectivity index (χ2n) is 5.70. The molecule has 0 heterocycles. The average molecular weight is 248 g/mol. The smallest absolute Gasteiger partial charge is 0.133 e. The van der Waals surface area contributed by atoms with Crippen LogP contribution < -0.4 is 0 Å². The zero-order valence-electron chi connectivity index (χ0n) is 10.8. The number of rotatable bonds is 0. The van der Waals surface area contributed by atoms with Crippen LogP contribution in [-0.2, 0) is 4.79 Å². The topological polar surface area (TPSA) is 17.1 Å². The van der Waals surface area contributed by atoms with E-state index in [1.165, 1.54) is 21.9 Å². The Morgan fingerprint density at radius 1 is 1.05 bits per heavy atom. The molecule has 0 radical (unpaired) electrons. The molecule has 2 atom stereocenters. The Hall–Kier alpha value is -1.89. The lowest BCUT2D eigenvalue weighted by molar-refractivity contribution is -0.121. The van der Waals surface area contributed by atoms with E-state index in [0.717, 1.165) is 19.3 Å². The van der Waals surface area contributed by atoms with Crippen LogP contribution in [0, 0.1) is 5.92 Å². The van der Waals surface area contributed by atoms with Crippen molar-refractivity contribution in [2.24, 2.45) is 5.92 Å². The van der Waals surface area contributed by atoms with E-state index in [1.807, 2.05) is 0 Å². The summed E-state index contributed by atoms with van der Waals surface area (Å²) in [6, 6.07) is 12.9. The fourth-order valence-electron chi connectivity index (χ4n) is 3.64. The molecule has 4 rings (SSSR count). The normalized spacial score (nSPS) is 25.2. The van der Waals surface area contributed by atoms with Crippen molar-refractivity contribution in [3.05, 3.63) is 53.6 Å². The van der Waals surface area contributed by atoms with Gasteiger partial charge in [-0.05, 0) is 40.2 Å². The molecule has 2 aliphatic carbocycles.